The number of nitro groups is 1. The maximum absolute atomic E-state index is 13.6. The Morgan fingerprint density at radius 2 is 2.07 bits per heavy atom. The Hall–Kier alpha value is -3.51. The first-order valence-electron chi connectivity index (χ1n) is 7.48. The average molecular weight is 384 g/mol. The van der Waals surface area contributed by atoms with Crippen molar-refractivity contribution in [1.82, 2.24) is 14.8 Å². The average Bonchev–Trinajstić information content (AvgIpc) is 2.96. The third-order valence-corrected chi connectivity index (χ3v) is 3.84. The molecule has 1 aromatic heterocycles. The Balaban J connectivity index is 2.05. The van der Waals surface area contributed by atoms with E-state index in [9.17, 15) is 32.9 Å². The molecule has 1 unspecified atom stereocenters. The highest BCUT2D eigenvalue weighted by molar-refractivity contribution is 6.04. The maximum atomic E-state index is 13.6. The SMILES string of the molecule is O=C1CC(C(F)(F)F)N(C(=O)Cn2cnnc2[N+](=O)[O-])c2ccccc2N1. The van der Waals surface area contributed by atoms with Gasteiger partial charge in [-0.15, -0.1) is 0 Å². The van der Waals surface area contributed by atoms with Crippen molar-refractivity contribution >= 4 is 29.1 Å². The first kappa shape index (κ1) is 18.3. The second kappa shape index (κ2) is 6.66. The van der Waals surface area contributed by atoms with Crippen LogP contribution >= 0.6 is 0 Å². The molecule has 0 bridgehead atoms. The van der Waals surface area contributed by atoms with Crippen LogP contribution < -0.4 is 10.2 Å². The van der Waals surface area contributed by atoms with E-state index in [2.05, 4.69) is 15.5 Å². The highest BCUT2D eigenvalue weighted by atomic mass is 19.4. The van der Waals surface area contributed by atoms with Crippen molar-refractivity contribution in [2.24, 2.45) is 0 Å². The highest BCUT2D eigenvalue weighted by Gasteiger charge is 2.49. The summed E-state index contributed by atoms with van der Waals surface area (Å²) in [7, 11) is 0. The number of aromatic nitrogens is 3. The van der Waals surface area contributed by atoms with E-state index in [-0.39, 0.29) is 11.4 Å². The number of hydrogen-bond acceptors (Lipinski definition) is 6. The molecule has 2 heterocycles. The van der Waals surface area contributed by atoms with Crippen LogP contribution in [0.2, 0.25) is 0 Å². The molecule has 27 heavy (non-hydrogen) atoms. The summed E-state index contributed by atoms with van der Waals surface area (Å²) in [5, 5.41) is 19.7. The predicted octanol–water partition coefficient (Wildman–Crippen LogP) is 1.49. The number of rotatable bonds is 3. The number of para-hydroxylation sites is 2. The van der Waals surface area contributed by atoms with Crippen molar-refractivity contribution < 1.29 is 27.7 Å². The Morgan fingerprint density at radius 3 is 2.74 bits per heavy atom. The van der Waals surface area contributed by atoms with E-state index in [1.54, 1.807) is 0 Å². The summed E-state index contributed by atoms with van der Waals surface area (Å²) >= 11 is 0. The third-order valence-electron chi connectivity index (χ3n) is 3.84. The van der Waals surface area contributed by atoms with Gasteiger partial charge in [-0.05, 0) is 22.2 Å². The molecule has 3 rings (SSSR count). The molecular weight excluding hydrogens is 373 g/mol. The number of alkyl halides is 3. The molecule has 1 aliphatic heterocycles. The van der Waals surface area contributed by atoms with Gasteiger partial charge in [0.1, 0.15) is 6.04 Å². The minimum Gasteiger partial charge on any atom is -0.390 e. The van der Waals surface area contributed by atoms with Gasteiger partial charge in [0.15, 0.2) is 12.9 Å². The van der Waals surface area contributed by atoms with Crippen LogP contribution in [0.25, 0.3) is 0 Å². The standard InChI is InChI=1S/C14H11F3N6O4/c15-14(16,17)10-5-11(24)19-8-3-1-2-4-9(8)22(10)12(25)6-21-7-18-20-13(21)23(26)27/h1-4,7,10H,5-6H2,(H,19,24). The molecule has 1 N–H and O–H groups in total. The summed E-state index contributed by atoms with van der Waals surface area (Å²) in [6.45, 7) is -0.807. The molecule has 0 spiro atoms. The van der Waals surface area contributed by atoms with Crippen LogP contribution in [0.5, 0.6) is 0 Å². The fourth-order valence-electron chi connectivity index (χ4n) is 2.72. The molecule has 1 aliphatic rings. The topological polar surface area (TPSA) is 123 Å². The largest absolute Gasteiger partial charge is 0.458 e. The summed E-state index contributed by atoms with van der Waals surface area (Å²) in [6.07, 6.45) is -5.04. The minimum atomic E-state index is -4.90. The maximum Gasteiger partial charge on any atom is 0.458 e. The van der Waals surface area contributed by atoms with Gasteiger partial charge in [0.05, 0.1) is 22.9 Å². The lowest BCUT2D eigenvalue weighted by atomic mass is 10.1. The number of halogens is 3. The fourth-order valence-corrected chi connectivity index (χ4v) is 2.72. The van der Waals surface area contributed by atoms with Crippen molar-refractivity contribution in [1.29, 1.82) is 0 Å². The van der Waals surface area contributed by atoms with Gasteiger partial charge >= 0.3 is 12.1 Å². The number of nitrogens with zero attached hydrogens (tertiary/aromatic N) is 5. The summed E-state index contributed by atoms with van der Waals surface area (Å²) in [4.78, 5) is 35.0. The van der Waals surface area contributed by atoms with Crippen LogP contribution in [0, 0.1) is 10.1 Å². The van der Waals surface area contributed by atoms with E-state index < -0.39 is 47.9 Å². The van der Waals surface area contributed by atoms with Gasteiger partial charge in [-0.3, -0.25) is 14.5 Å². The van der Waals surface area contributed by atoms with E-state index in [0.29, 0.717) is 4.90 Å². The van der Waals surface area contributed by atoms with Crippen LogP contribution in [-0.4, -0.2) is 43.7 Å². The number of anilines is 2. The molecule has 0 aliphatic carbocycles. The summed E-state index contributed by atoms with van der Waals surface area (Å²) in [5.41, 5.74) is -0.132. The monoisotopic (exact) mass is 384 g/mol. The van der Waals surface area contributed by atoms with Crippen LogP contribution in [0.1, 0.15) is 6.42 Å². The molecule has 0 saturated heterocycles. The van der Waals surface area contributed by atoms with Gasteiger partial charge in [0.2, 0.25) is 5.91 Å². The van der Waals surface area contributed by atoms with Crippen molar-refractivity contribution in [3.63, 3.8) is 0 Å². The number of fused-ring (bicyclic) bond motifs is 1. The van der Waals surface area contributed by atoms with Crippen molar-refractivity contribution in [3.8, 4) is 0 Å². The van der Waals surface area contributed by atoms with Gasteiger partial charge in [0, 0.05) is 0 Å². The summed E-state index contributed by atoms with van der Waals surface area (Å²) < 4.78 is 41.4. The lowest BCUT2D eigenvalue weighted by Gasteiger charge is -2.31. The second-order valence-electron chi connectivity index (χ2n) is 5.61. The van der Waals surface area contributed by atoms with Gasteiger partial charge in [0.25, 0.3) is 5.91 Å². The van der Waals surface area contributed by atoms with Crippen molar-refractivity contribution in [2.75, 3.05) is 10.2 Å². The molecule has 0 fully saturated rings. The number of carbonyl (C=O) groups is 2. The van der Waals surface area contributed by atoms with E-state index in [0.717, 1.165) is 10.9 Å². The van der Waals surface area contributed by atoms with Gasteiger partial charge in [-0.25, -0.2) is 4.57 Å². The van der Waals surface area contributed by atoms with Crippen molar-refractivity contribution in [2.45, 2.75) is 25.2 Å². The van der Waals surface area contributed by atoms with Gasteiger partial charge < -0.3 is 15.4 Å². The Bertz CT molecular complexity index is 912. The number of nitrogens with one attached hydrogen (secondary N) is 1. The fraction of sp³-hybridized carbons (Fsp3) is 0.286. The Labute approximate surface area is 148 Å². The number of benzene rings is 1. The first-order valence-corrected chi connectivity index (χ1v) is 7.48. The summed E-state index contributed by atoms with van der Waals surface area (Å²) in [5.74, 6) is -2.80. The highest BCUT2D eigenvalue weighted by Crippen LogP contribution is 2.37. The molecule has 2 amide bonds. The molecule has 10 nitrogen and oxygen atoms in total. The molecule has 1 atom stereocenters. The van der Waals surface area contributed by atoms with Gasteiger partial charge in [-0.2, -0.15) is 13.2 Å². The van der Waals surface area contributed by atoms with Crippen LogP contribution in [-0.2, 0) is 16.1 Å². The number of carbonyl (C=O) groups excluding carboxylic acids is 2. The molecule has 0 radical (unpaired) electrons. The molecular formula is C14H11F3N6O4. The van der Waals surface area contributed by atoms with Crippen LogP contribution in [0.3, 0.4) is 0 Å². The predicted molar refractivity (Wildman–Crippen MR) is 83.7 cm³/mol. The molecule has 13 heteroatoms. The zero-order valence-electron chi connectivity index (χ0n) is 13.4. The number of amides is 2. The lowest BCUT2D eigenvalue weighted by Crippen LogP contribution is -2.50. The minimum absolute atomic E-state index is 0.0286. The van der Waals surface area contributed by atoms with Crippen LogP contribution in [0.4, 0.5) is 30.5 Å². The first-order chi connectivity index (χ1) is 12.7. The molecule has 142 valence electrons. The van der Waals surface area contributed by atoms with E-state index in [1.165, 1.54) is 24.3 Å². The van der Waals surface area contributed by atoms with E-state index >= 15 is 0 Å². The van der Waals surface area contributed by atoms with Crippen LogP contribution in [0.15, 0.2) is 30.6 Å². The van der Waals surface area contributed by atoms with Gasteiger partial charge in [-0.1, -0.05) is 12.1 Å². The molecule has 1 aromatic carbocycles. The second-order valence-corrected chi connectivity index (χ2v) is 5.61. The third kappa shape index (κ3) is 3.56. The summed E-state index contributed by atoms with van der Waals surface area (Å²) in [6, 6.07) is 3.07. The number of hydrogen-bond donors (Lipinski definition) is 1. The molecule has 0 saturated carbocycles. The lowest BCUT2D eigenvalue weighted by molar-refractivity contribution is -0.396. The quantitative estimate of drug-likeness (QED) is 0.632. The molecule has 2 aromatic rings. The normalized spacial score (nSPS) is 17.1. The van der Waals surface area contributed by atoms with E-state index in [1.807, 2.05) is 0 Å². The Morgan fingerprint density at radius 1 is 1.37 bits per heavy atom. The van der Waals surface area contributed by atoms with E-state index in [4.69, 9.17) is 0 Å². The van der Waals surface area contributed by atoms with Crippen molar-refractivity contribution in [3.05, 3.63) is 40.7 Å². The Kier molecular flexibility index (Phi) is 4.51. The zero-order valence-corrected chi connectivity index (χ0v) is 13.4. The smallest absolute Gasteiger partial charge is 0.390 e. The zero-order chi connectivity index (χ0) is 19.8.